The predicted molar refractivity (Wildman–Crippen MR) is 111 cm³/mol. The zero-order valence-electron chi connectivity index (χ0n) is 16.6. The number of benzene rings is 1. The lowest BCUT2D eigenvalue weighted by atomic mass is 10.0. The molecule has 1 aliphatic heterocycles. The van der Waals surface area contributed by atoms with Gasteiger partial charge in [-0.1, -0.05) is 0 Å². The number of amides is 1. The van der Waals surface area contributed by atoms with Crippen LogP contribution in [0.25, 0.3) is 10.9 Å². The molecule has 0 bridgehead atoms. The van der Waals surface area contributed by atoms with E-state index < -0.39 is 0 Å². The molecule has 1 aromatic carbocycles. The van der Waals surface area contributed by atoms with E-state index in [1.807, 2.05) is 29.3 Å². The highest BCUT2D eigenvalue weighted by Gasteiger charge is 2.24. The van der Waals surface area contributed by atoms with Crippen molar-refractivity contribution in [2.75, 3.05) is 25.1 Å². The Morgan fingerprint density at radius 2 is 2.28 bits per heavy atom. The SMILES string of the molecule is COc1ccc2[nH]cc(CC(=O)NC3CCCN(c4nccn(C)c4=O)C3)c2c1. The predicted octanol–water partition coefficient (Wildman–Crippen LogP) is 1.60. The average molecular weight is 395 g/mol. The molecule has 8 heteroatoms. The van der Waals surface area contributed by atoms with E-state index in [0.29, 0.717) is 12.4 Å². The Labute approximate surface area is 168 Å². The second kappa shape index (κ2) is 7.98. The van der Waals surface area contributed by atoms with E-state index in [1.54, 1.807) is 26.6 Å². The first-order valence-electron chi connectivity index (χ1n) is 9.75. The highest BCUT2D eigenvalue weighted by Crippen LogP contribution is 2.24. The number of nitrogens with one attached hydrogen (secondary N) is 2. The summed E-state index contributed by atoms with van der Waals surface area (Å²) < 4.78 is 6.82. The Kier molecular flexibility index (Phi) is 5.24. The minimum atomic E-state index is -0.118. The topological polar surface area (TPSA) is 92.2 Å². The molecule has 1 aliphatic rings. The fourth-order valence-electron chi connectivity index (χ4n) is 3.87. The smallest absolute Gasteiger partial charge is 0.293 e. The highest BCUT2D eigenvalue weighted by molar-refractivity contribution is 5.89. The summed E-state index contributed by atoms with van der Waals surface area (Å²) in [4.78, 5) is 34.4. The summed E-state index contributed by atoms with van der Waals surface area (Å²) >= 11 is 0. The Balaban J connectivity index is 1.43. The molecule has 0 saturated carbocycles. The summed E-state index contributed by atoms with van der Waals surface area (Å²) in [5, 5.41) is 4.11. The normalized spacial score (nSPS) is 16.8. The van der Waals surface area contributed by atoms with Crippen molar-refractivity contribution in [3.63, 3.8) is 0 Å². The van der Waals surface area contributed by atoms with Gasteiger partial charge in [0, 0.05) is 55.7 Å². The van der Waals surface area contributed by atoms with E-state index >= 15 is 0 Å². The molecule has 3 heterocycles. The number of rotatable bonds is 5. The number of H-pyrrole nitrogens is 1. The molecule has 4 rings (SSSR count). The van der Waals surface area contributed by atoms with Gasteiger partial charge in [0.05, 0.1) is 13.5 Å². The van der Waals surface area contributed by atoms with Gasteiger partial charge < -0.3 is 24.5 Å². The van der Waals surface area contributed by atoms with Gasteiger partial charge >= 0.3 is 0 Å². The Morgan fingerprint density at radius 1 is 1.41 bits per heavy atom. The average Bonchev–Trinajstić information content (AvgIpc) is 3.12. The van der Waals surface area contributed by atoms with Gasteiger partial charge in [-0.2, -0.15) is 0 Å². The van der Waals surface area contributed by atoms with E-state index in [1.165, 1.54) is 4.57 Å². The number of aromatic amines is 1. The second-order valence-corrected chi connectivity index (χ2v) is 7.42. The van der Waals surface area contributed by atoms with Crippen LogP contribution < -0.4 is 20.5 Å². The summed E-state index contributed by atoms with van der Waals surface area (Å²) in [5.74, 6) is 1.17. The molecule has 0 spiro atoms. The number of piperidine rings is 1. The van der Waals surface area contributed by atoms with Gasteiger partial charge in [-0.3, -0.25) is 9.59 Å². The quantitative estimate of drug-likeness (QED) is 0.685. The standard InChI is InChI=1S/C21H25N5O3/c1-25-9-7-22-20(21(25)28)26-8-3-4-15(13-26)24-19(27)10-14-12-23-18-6-5-16(29-2)11-17(14)18/h5-7,9,11-12,15,23H,3-4,8,10,13H2,1-2H3,(H,24,27). The van der Waals surface area contributed by atoms with Gasteiger partial charge in [0.1, 0.15) is 5.75 Å². The van der Waals surface area contributed by atoms with Crippen molar-refractivity contribution in [3.8, 4) is 5.75 Å². The minimum absolute atomic E-state index is 0.0114. The number of carbonyl (C=O) groups excluding carboxylic acids is 1. The summed E-state index contributed by atoms with van der Waals surface area (Å²) in [6.07, 6.45) is 7.21. The van der Waals surface area contributed by atoms with Crippen LogP contribution in [0.2, 0.25) is 0 Å². The van der Waals surface area contributed by atoms with Crippen LogP contribution in [0.15, 0.2) is 41.6 Å². The van der Waals surface area contributed by atoms with Gasteiger partial charge in [0.2, 0.25) is 5.91 Å². The molecular formula is C21H25N5O3. The van der Waals surface area contributed by atoms with Crippen molar-refractivity contribution in [1.82, 2.24) is 19.9 Å². The van der Waals surface area contributed by atoms with Gasteiger partial charge in [0.25, 0.3) is 5.56 Å². The van der Waals surface area contributed by atoms with E-state index in [2.05, 4.69) is 15.3 Å². The number of nitrogens with zero attached hydrogens (tertiary/aromatic N) is 3. The first-order valence-corrected chi connectivity index (χ1v) is 9.75. The van der Waals surface area contributed by atoms with Crippen molar-refractivity contribution < 1.29 is 9.53 Å². The number of carbonyl (C=O) groups is 1. The number of fused-ring (bicyclic) bond motifs is 1. The molecule has 2 aromatic heterocycles. The minimum Gasteiger partial charge on any atom is -0.497 e. The summed E-state index contributed by atoms with van der Waals surface area (Å²) in [6, 6.07) is 5.76. The molecule has 2 N–H and O–H groups in total. The second-order valence-electron chi connectivity index (χ2n) is 7.42. The van der Waals surface area contributed by atoms with Crippen LogP contribution in [-0.4, -0.2) is 46.7 Å². The number of anilines is 1. The molecule has 1 saturated heterocycles. The van der Waals surface area contributed by atoms with Crippen LogP contribution in [0.1, 0.15) is 18.4 Å². The summed E-state index contributed by atoms with van der Waals surface area (Å²) in [7, 11) is 3.34. The lowest BCUT2D eigenvalue weighted by Gasteiger charge is -2.33. The van der Waals surface area contributed by atoms with Crippen molar-refractivity contribution in [3.05, 3.63) is 52.7 Å². The lowest BCUT2D eigenvalue weighted by molar-refractivity contribution is -0.121. The van der Waals surface area contributed by atoms with Crippen LogP contribution in [0, 0.1) is 0 Å². The van der Waals surface area contributed by atoms with Crippen LogP contribution in [0.3, 0.4) is 0 Å². The van der Waals surface area contributed by atoms with E-state index in [0.717, 1.165) is 41.6 Å². The van der Waals surface area contributed by atoms with E-state index in [4.69, 9.17) is 4.74 Å². The maximum Gasteiger partial charge on any atom is 0.293 e. The molecule has 1 fully saturated rings. The first kappa shape index (κ1) is 19.0. The fourth-order valence-corrected chi connectivity index (χ4v) is 3.87. The number of hydrogen-bond donors (Lipinski definition) is 2. The van der Waals surface area contributed by atoms with Crippen molar-refractivity contribution in [2.45, 2.75) is 25.3 Å². The Morgan fingerprint density at radius 3 is 3.10 bits per heavy atom. The molecule has 29 heavy (non-hydrogen) atoms. The zero-order chi connectivity index (χ0) is 20.4. The number of aromatic nitrogens is 3. The molecule has 0 radical (unpaired) electrons. The molecular weight excluding hydrogens is 370 g/mol. The van der Waals surface area contributed by atoms with Gasteiger partial charge in [-0.05, 0) is 36.6 Å². The Hall–Kier alpha value is -3.29. The number of hydrogen-bond acceptors (Lipinski definition) is 5. The summed E-state index contributed by atoms with van der Waals surface area (Å²) in [5.41, 5.74) is 1.79. The maximum atomic E-state index is 12.7. The van der Waals surface area contributed by atoms with E-state index in [-0.39, 0.29) is 23.9 Å². The zero-order valence-corrected chi connectivity index (χ0v) is 16.6. The third-order valence-electron chi connectivity index (χ3n) is 5.41. The van der Waals surface area contributed by atoms with Crippen LogP contribution >= 0.6 is 0 Å². The molecule has 1 atom stereocenters. The molecule has 3 aromatic rings. The van der Waals surface area contributed by atoms with Gasteiger partial charge in [-0.25, -0.2) is 4.98 Å². The first-order chi connectivity index (χ1) is 14.0. The lowest BCUT2D eigenvalue weighted by Crippen LogP contribution is -2.49. The van der Waals surface area contributed by atoms with Gasteiger partial charge in [-0.15, -0.1) is 0 Å². The maximum absolute atomic E-state index is 12.7. The van der Waals surface area contributed by atoms with Crippen molar-refractivity contribution >= 4 is 22.6 Å². The molecule has 152 valence electrons. The third-order valence-corrected chi connectivity index (χ3v) is 5.41. The number of ether oxygens (including phenoxy) is 1. The molecule has 0 aliphatic carbocycles. The Bertz CT molecular complexity index is 1090. The van der Waals surface area contributed by atoms with Crippen molar-refractivity contribution in [2.24, 2.45) is 7.05 Å². The number of methoxy groups -OCH3 is 1. The third kappa shape index (κ3) is 3.96. The fraction of sp³-hybridized carbons (Fsp3) is 0.381. The molecule has 8 nitrogen and oxygen atoms in total. The largest absolute Gasteiger partial charge is 0.497 e. The van der Waals surface area contributed by atoms with Gasteiger partial charge in [0.15, 0.2) is 5.82 Å². The number of aryl methyl sites for hydroxylation is 1. The molecule has 1 unspecified atom stereocenters. The van der Waals surface area contributed by atoms with Crippen molar-refractivity contribution in [1.29, 1.82) is 0 Å². The molecule has 1 amide bonds. The highest BCUT2D eigenvalue weighted by atomic mass is 16.5. The van der Waals surface area contributed by atoms with Crippen LogP contribution in [0.5, 0.6) is 5.75 Å². The summed E-state index contributed by atoms with van der Waals surface area (Å²) in [6.45, 7) is 1.35. The van der Waals surface area contributed by atoms with Crippen LogP contribution in [0.4, 0.5) is 5.82 Å². The monoisotopic (exact) mass is 395 g/mol. The van der Waals surface area contributed by atoms with E-state index in [9.17, 15) is 9.59 Å². The van der Waals surface area contributed by atoms with Crippen LogP contribution in [-0.2, 0) is 18.3 Å².